The van der Waals surface area contributed by atoms with Crippen LogP contribution >= 0.6 is 0 Å². The lowest BCUT2D eigenvalue weighted by atomic mass is 10.1. The second-order valence-corrected chi connectivity index (χ2v) is 6.65. The molecule has 2 unspecified atom stereocenters. The van der Waals surface area contributed by atoms with Gasteiger partial charge in [0, 0.05) is 24.5 Å². The van der Waals surface area contributed by atoms with Gasteiger partial charge in [0.15, 0.2) is 11.5 Å². The van der Waals surface area contributed by atoms with Crippen LogP contribution < -0.4 is 22.1 Å². The normalized spacial score (nSPS) is 13.5. The minimum Gasteiger partial charge on any atom is -0.503 e. The van der Waals surface area contributed by atoms with Gasteiger partial charge in [0.05, 0.1) is 0 Å². The molecule has 0 bridgehead atoms. The molecule has 0 amide bonds. The Labute approximate surface area is 154 Å². The minimum atomic E-state index is -0.230. The number of fused-ring (bicyclic) bond motifs is 1. The van der Waals surface area contributed by atoms with Crippen LogP contribution in [0.1, 0.15) is 39.5 Å². The summed E-state index contributed by atoms with van der Waals surface area (Å²) in [5.74, 6) is -0.461. The molecule has 1 aromatic heterocycles. The second kappa shape index (κ2) is 9.40. The van der Waals surface area contributed by atoms with Crippen molar-refractivity contribution in [2.24, 2.45) is 11.5 Å². The van der Waals surface area contributed by atoms with Gasteiger partial charge in [-0.25, -0.2) is 0 Å². The fourth-order valence-corrected chi connectivity index (χ4v) is 2.92. The first kappa shape index (κ1) is 20.0. The molecule has 8 nitrogen and oxygen atoms in total. The van der Waals surface area contributed by atoms with Gasteiger partial charge in [-0.3, -0.25) is 9.97 Å². The molecule has 0 aliphatic heterocycles. The van der Waals surface area contributed by atoms with Crippen LogP contribution in [-0.4, -0.2) is 45.4 Å². The molecular formula is C18H30N6O2. The molecule has 26 heavy (non-hydrogen) atoms. The molecule has 0 saturated heterocycles. The Hall–Kier alpha value is -2.32. The fraction of sp³-hybridized carbons (Fsp3) is 0.556. The molecular weight excluding hydrogens is 332 g/mol. The fourth-order valence-electron chi connectivity index (χ4n) is 2.92. The molecule has 2 aromatic rings. The van der Waals surface area contributed by atoms with E-state index < -0.39 is 0 Å². The number of aromatic nitrogens is 2. The number of phenolic OH excluding ortho intramolecular Hbond substituents is 2. The van der Waals surface area contributed by atoms with Crippen molar-refractivity contribution in [3.05, 3.63) is 12.4 Å². The maximum absolute atomic E-state index is 10.6. The largest absolute Gasteiger partial charge is 0.503 e. The van der Waals surface area contributed by atoms with E-state index in [1.54, 1.807) is 12.4 Å². The Morgan fingerprint density at radius 3 is 1.58 bits per heavy atom. The second-order valence-electron chi connectivity index (χ2n) is 6.65. The molecule has 0 aliphatic carbocycles. The van der Waals surface area contributed by atoms with Crippen molar-refractivity contribution in [2.45, 2.75) is 51.6 Å². The summed E-state index contributed by atoms with van der Waals surface area (Å²) in [7, 11) is 0. The number of nitrogens with two attached hydrogens (primary N) is 2. The van der Waals surface area contributed by atoms with Crippen molar-refractivity contribution in [3.8, 4) is 11.5 Å². The van der Waals surface area contributed by atoms with E-state index in [4.69, 9.17) is 11.5 Å². The molecule has 8 N–H and O–H groups in total. The third-order valence-electron chi connectivity index (χ3n) is 4.33. The lowest BCUT2D eigenvalue weighted by Crippen LogP contribution is -2.19. The van der Waals surface area contributed by atoms with Crippen molar-refractivity contribution < 1.29 is 10.2 Å². The molecule has 0 fully saturated rings. The smallest absolute Gasteiger partial charge is 0.185 e. The highest BCUT2D eigenvalue weighted by molar-refractivity contribution is 6.03. The molecule has 0 spiro atoms. The first-order valence-electron chi connectivity index (χ1n) is 9.11. The minimum absolute atomic E-state index is 0.0661. The van der Waals surface area contributed by atoms with Gasteiger partial charge in [-0.1, -0.05) is 0 Å². The number of anilines is 2. The van der Waals surface area contributed by atoms with Gasteiger partial charge in [0.2, 0.25) is 0 Å². The number of rotatable bonds is 10. The van der Waals surface area contributed by atoms with E-state index in [9.17, 15) is 10.2 Å². The number of hydrogen-bond acceptors (Lipinski definition) is 8. The van der Waals surface area contributed by atoms with Gasteiger partial charge in [0.1, 0.15) is 22.4 Å². The van der Waals surface area contributed by atoms with Crippen LogP contribution in [0.2, 0.25) is 0 Å². The summed E-state index contributed by atoms with van der Waals surface area (Å²) in [4.78, 5) is 8.73. The number of hydrogen-bond donors (Lipinski definition) is 6. The first-order chi connectivity index (χ1) is 12.5. The third-order valence-corrected chi connectivity index (χ3v) is 4.33. The van der Waals surface area contributed by atoms with Crippen molar-refractivity contribution in [1.82, 2.24) is 9.97 Å². The Bertz CT molecular complexity index is 664. The van der Waals surface area contributed by atoms with E-state index in [0.717, 1.165) is 25.7 Å². The lowest BCUT2D eigenvalue weighted by Gasteiger charge is -2.22. The number of aromatic hydroxyl groups is 2. The molecule has 1 heterocycles. The van der Waals surface area contributed by atoms with Gasteiger partial charge >= 0.3 is 0 Å². The highest BCUT2D eigenvalue weighted by atomic mass is 16.3. The first-order valence-corrected chi connectivity index (χ1v) is 9.11. The summed E-state index contributed by atoms with van der Waals surface area (Å²) in [5, 5.41) is 27.6. The van der Waals surface area contributed by atoms with Crippen LogP contribution in [0.3, 0.4) is 0 Å². The predicted molar refractivity (Wildman–Crippen MR) is 106 cm³/mol. The number of nitrogens with zero attached hydrogens (tertiary/aromatic N) is 2. The van der Waals surface area contributed by atoms with Gasteiger partial charge in [0.25, 0.3) is 0 Å². The summed E-state index contributed by atoms with van der Waals surface area (Å²) in [6.45, 7) is 5.20. The SMILES string of the molecule is CC(CCCN)Nc1c(O)c(O)c(NC(C)CCCN)c2nccnc12. The van der Waals surface area contributed by atoms with E-state index in [1.165, 1.54) is 0 Å². The maximum Gasteiger partial charge on any atom is 0.185 e. The van der Waals surface area contributed by atoms with Crippen molar-refractivity contribution in [2.75, 3.05) is 23.7 Å². The van der Waals surface area contributed by atoms with E-state index in [-0.39, 0.29) is 23.6 Å². The number of phenols is 2. The molecule has 2 atom stereocenters. The van der Waals surface area contributed by atoms with Crippen LogP contribution in [0, 0.1) is 0 Å². The van der Waals surface area contributed by atoms with E-state index >= 15 is 0 Å². The molecule has 0 radical (unpaired) electrons. The zero-order valence-electron chi connectivity index (χ0n) is 15.5. The van der Waals surface area contributed by atoms with Gasteiger partial charge in [-0.15, -0.1) is 0 Å². The average molecular weight is 362 g/mol. The number of benzene rings is 1. The molecule has 1 aromatic carbocycles. The number of nitrogens with one attached hydrogen (secondary N) is 2. The summed E-state index contributed by atoms with van der Waals surface area (Å²) < 4.78 is 0. The van der Waals surface area contributed by atoms with Crippen LogP contribution in [-0.2, 0) is 0 Å². The molecule has 0 saturated carbocycles. The lowest BCUT2D eigenvalue weighted by molar-refractivity contribution is 0.406. The topological polar surface area (TPSA) is 142 Å². The van der Waals surface area contributed by atoms with Gasteiger partial charge in [-0.2, -0.15) is 0 Å². The van der Waals surface area contributed by atoms with Crippen molar-refractivity contribution >= 4 is 22.4 Å². The monoisotopic (exact) mass is 362 g/mol. The van der Waals surface area contributed by atoms with E-state index in [0.29, 0.717) is 35.5 Å². The average Bonchev–Trinajstić information content (AvgIpc) is 2.65. The molecule has 8 heteroatoms. The zero-order chi connectivity index (χ0) is 19.1. The highest BCUT2D eigenvalue weighted by Crippen LogP contribution is 2.46. The summed E-state index contributed by atoms with van der Waals surface area (Å²) in [5.41, 5.74) is 12.9. The molecule has 2 rings (SSSR count). The maximum atomic E-state index is 10.6. The van der Waals surface area contributed by atoms with E-state index in [2.05, 4.69) is 20.6 Å². The van der Waals surface area contributed by atoms with Gasteiger partial charge < -0.3 is 32.3 Å². The Kier molecular flexibility index (Phi) is 7.23. The molecule has 144 valence electrons. The Balaban J connectivity index is 2.40. The van der Waals surface area contributed by atoms with Crippen LogP contribution in [0.15, 0.2) is 12.4 Å². The van der Waals surface area contributed by atoms with Crippen molar-refractivity contribution in [1.29, 1.82) is 0 Å². The Morgan fingerprint density at radius 1 is 0.846 bits per heavy atom. The van der Waals surface area contributed by atoms with Crippen LogP contribution in [0.4, 0.5) is 11.4 Å². The highest BCUT2D eigenvalue weighted by Gasteiger charge is 2.22. The quantitative estimate of drug-likeness (QED) is 0.353. The van der Waals surface area contributed by atoms with Crippen molar-refractivity contribution in [3.63, 3.8) is 0 Å². The van der Waals surface area contributed by atoms with E-state index in [1.807, 2.05) is 13.8 Å². The summed E-state index contributed by atoms with van der Waals surface area (Å²) in [6.07, 6.45) is 6.54. The Morgan fingerprint density at radius 2 is 1.23 bits per heavy atom. The zero-order valence-corrected chi connectivity index (χ0v) is 15.5. The van der Waals surface area contributed by atoms with Crippen LogP contribution in [0.5, 0.6) is 11.5 Å². The van der Waals surface area contributed by atoms with Crippen LogP contribution in [0.25, 0.3) is 11.0 Å². The summed E-state index contributed by atoms with van der Waals surface area (Å²) in [6, 6.07) is 0.132. The van der Waals surface area contributed by atoms with Gasteiger partial charge in [-0.05, 0) is 52.6 Å². The summed E-state index contributed by atoms with van der Waals surface area (Å²) >= 11 is 0. The third kappa shape index (κ3) is 4.64. The molecule has 0 aliphatic rings. The predicted octanol–water partition coefficient (Wildman–Crippen LogP) is 2.12. The standard InChI is InChI=1S/C18H30N6O2/c1-11(5-3-7-19)23-15-13-14(22-10-9-21-13)16(18(26)17(15)25)24-12(2)6-4-8-20/h9-12,23-26H,3-8,19-20H2,1-2H3.